The van der Waals surface area contributed by atoms with E-state index in [1.807, 2.05) is 11.8 Å². The van der Waals surface area contributed by atoms with Crippen LogP contribution in [0.25, 0.3) is 0 Å². The van der Waals surface area contributed by atoms with Gasteiger partial charge in [-0.15, -0.1) is 0 Å². The smallest absolute Gasteiger partial charge is 0.396 e. The molecule has 7 heteroatoms. The average Bonchev–Trinajstić information content (AvgIpc) is 2.42. The van der Waals surface area contributed by atoms with Crippen LogP contribution in [0.4, 0.5) is 0 Å². The molecule has 0 aromatic carbocycles. The fourth-order valence-corrected chi connectivity index (χ4v) is 2.91. The summed E-state index contributed by atoms with van der Waals surface area (Å²) in [5.74, 6) is 2.42. The quantitative estimate of drug-likeness (QED) is 0.276. The van der Waals surface area contributed by atoms with Gasteiger partial charge in [-0.2, -0.15) is 11.8 Å². The van der Waals surface area contributed by atoms with Crippen LogP contribution in [0, 0.1) is 0 Å². The van der Waals surface area contributed by atoms with Crippen molar-refractivity contribution < 1.29 is 24.4 Å². The second kappa shape index (κ2) is 19.5. The van der Waals surface area contributed by atoms with Gasteiger partial charge in [-0.3, -0.25) is 0 Å². The Kier molecular flexibility index (Phi) is 21.8. The van der Waals surface area contributed by atoms with Crippen molar-refractivity contribution in [2.24, 2.45) is 0 Å². The molecule has 0 rings (SSSR count). The van der Waals surface area contributed by atoms with Gasteiger partial charge >= 0.3 is 7.82 Å². The van der Waals surface area contributed by atoms with Gasteiger partial charge in [0.1, 0.15) is 0 Å². The highest BCUT2D eigenvalue weighted by Crippen LogP contribution is 2.25. The van der Waals surface area contributed by atoms with E-state index < -0.39 is 7.82 Å². The highest BCUT2D eigenvalue weighted by atomic mass is 32.2. The lowest BCUT2D eigenvalue weighted by molar-refractivity contribution is 0.275. The van der Waals surface area contributed by atoms with Crippen LogP contribution in [0.1, 0.15) is 77.6 Å². The molecule has 0 fully saturated rings. The Labute approximate surface area is 140 Å². The van der Waals surface area contributed by atoms with Crippen LogP contribution < -0.4 is 0 Å². The molecule has 0 saturated heterocycles. The number of hydrogen-bond donors (Lipinski definition) is 4. The normalized spacial score (nSPS) is 11.1. The lowest BCUT2D eigenvalue weighted by Crippen LogP contribution is -1.88. The Bertz CT molecular complexity index is 226. The van der Waals surface area contributed by atoms with Crippen LogP contribution in [0.5, 0.6) is 0 Å². The highest BCUT2D eigenvalue weighted by molar-refractivity contribution is 7.99. The largest absolute Gasteiger partial charge is 0.466 e. The van der Waals surface area contributed by atoms with Crippen molar-refractivity contribution in [2.75, 3.05) is 18.1 Å². The first-order valence-electron chi connectivity index (χ1n) is 8.38. The summed E-state index contributed by atoms with van der Waals surface area (Å²) in [5.41, 5.74) is 0. The number of phosphoric acid groups is 1. The minimum absolute atomic E-state index is 0.352. The summed E-state index contributed by atoms with van der Waals surface area (Å²) >= 11 is 2.00. The predicted molar refractivity (Wildman–Crippen MR) is 95.1 cm³/mol. The molecule has 22 heavy (non-hydrogen) atoms. The van der Waals surface area contributed by atoms with Gasteiger partial charge < -0.3 is 19.8 Å². The molecular formula is C15H35O5PS. The summed E-state index contributed by atoms with van der Waals surface area (Å²) in [6.45, 7) is 2.63. The molecule has 136 valence electrons. The molecule has 0 atom stereocenters. The first-order valence-corrected chi connectivity index (χ1v) is 11.1. The molecule has 0 aliphatic carbocycles. The van der Waals surface area contributed by atoms with Gasteiger partial charge in [-0.25, -0.2) is 4.57 Å². The van der Waals surface area contributed by atoms with Crippen LogP contribution in [0.3, 0.4) is 0 Å². The monoisotopic (exact) mass is 358 g/mol. The molecule has 4 N–H and O–H groups in total. The second-order valence-electron chi connectivity index (χ2n) is 5.38. The Hall–Kier alpha value is 0.420. The molecule has 0 unspecified atom stereocenters. The van der Waals surface area contributed by atoms with Gasteiger partial charge in [0.25, 0.3) is 0 Å². The molecule has 0 saturated carbocycles. The van der Waals surface area contributed by atoms with E-state index in [0.29, 0.717) is 6.61 Å². The lowest BCUT2D eigenvalue weighted by Gasteiger charge is -2.02. The fraction of sp³-hybridized carbons (Fsp3) is 1.00. The minimum Gasteiger partial charge on any atom is -0.396 e. The van der Waals surface area contributed by atoms with Gasteiger partial charge in [0.15, 0.2) is 0 Å². The van der Waals surface area contributed by atoms with E-state index in [4.69, 9.17) is 24.4 Å². The zero-order valence-corrected chi connectivity index (χ0v) is 15.7. The van der Waals surface area contributed by atoms with Gasteiger partial charge in [-0.1, -0.05) is 64.7 Å². The minimum atomic E-state index is -4.64. The van der Waals surface area contributed by atoms with E-state index in [-0.39, 0.29) is 0 Å². The molecule has 0 aliphatic heterocycles. The average molecular weight is 358 g/mol. The first kappa shape index (κ1) is 24.7. The molecule has 0 aliphatic rings. The molecule has 5 nitrogen and oxygen atoms in total. The standard InChI is InChI=1S/C15H32OS.H3O4P/c1-2-3-4-5-6-7-8-9-10-11-14-17-15-12-13-16;1-5(2,3)4/h16H,2-15H2,1H3;(H3,1,2,3,4). The van der Waals surface area contributed by atoms with Gasteiger partial charge in [0, 0.05) is 6.61 Å². The Morgan fingerprint density at radius 3 is 1.50 bits per heavy atom. The van der Waals surface area contributed by atoms with Gasteiger partial charge in [0.2, 0.25) is 0 Å². The van der Waals surface area contributed by atoms with Crippen LogP contribution in [-0.4, -0.2) is 37.9 Å². The van der Waals surface area contributed by atoms with E-state index in [1.165, 1.54) is 70.0 Å². The molecule has 0 bridgehead atoms. The zero-order valence-electron chi connectivity index (χ0n) is 14.0. The van der Waals surface area contributed by atoms with Crippen molar-refractivity contribution in [1.29, 1.82) is 0 Å². The van der Waals surface area contributed by atoms with Crippen LogP contribution in [0.2, 0.25) is 0 Å². The summed E-state index contributed by atoms with van der Waals surface area (Å²) in [6.07, 6.45) is 15.2. The topological polar surface area (TPSA) is 98.0 Å². The number of unbranched alkanes of at least 4 members (excludes halogenated alkanes) is 9. The van der Waals surface area contributed by atoms with E-state index >= 15 is 0 Å². The number of aliphatic hydroxyl groups excluding tert-OH is 1. The molecule has 0 heterocycles. The van der Waals surface area contributed by atoms with E-state index in [1.54, 1.807) is 0 Å². The third-order valence-electron chi connectivity index (χ3n) is 3.09. The van der Waals surface area contributed by atoms with Crippen molar-refractivity contribution in [3.05, 3.63) is 0 Å². The lowest BCUT2D eigenvalue weighted by atomic mass is 10.1. The maximum Gasteiger partial charge on any atom is 0.466 e. The molecule has 0 amide bonds. The van der Waals surface area contributed by atoms with E-state index in [0.717, 1.165) is 12.2 Å². The van der Waals surface area contributed by atoms with Crippen molar-refractivity contribution >= 4 is 19.6 Å². The molecule has 0 aromatic rings. The third kappa shape index (κ3) is 37.0. The van der Waals surface area contributed by atoms with Crippen molar-refractivity contribution in [3.63, 3.8) is 0 Å². The second-order valence-corrected chi connectivity index (χ2v) is 7.64. The Balaban J connectivity index is 0. The van der Waals surface area contributed by atoms with Gasteiger partial charge in [-0.05, 0) is 24.3 Å². The summed E-state index contributed by atoms with van der Waals surface area (Å²) < 4.78 is 8.88. The summed E-state index contributed by atoms with van der Waals surface area (Å²) in [7, 11) is -4.64. The first-order chi connectivity index (χ1) is 10.4. The van der Waals surface area contributed by atoms with Crippen molar-refractivity contribution in [1.82, 2.24) is 0 Å². The van der Waals surface area contributed by atoms with Gasteiger partial charge in [0.05, 0.1) is 0 Å². The molecule has 0 spiro atoms. The number of thioether (sulfide) groups is 1. The van der Waals surface area contributed by atoms with Crippen LogP contribution in [-0.2, 0) is 4.57 Å². The van der Waals surface area contributed by atoms with E-state index in [9.17, 15) is 0 Å². The summed E-state index contributed by atoms with van der Waals surface area (Å²) in [4.78, 5) is 21.6. The van der Waals surface area contributed by atoms with Crippen molar-refractivity contribution in [2.45, 2.75) is 77.6 Å². The predicted octanol–water partition coefficient (Wildman–Crippen LogP) is 4.09. The SMILES string of the molecule is CCCCCCCCCCCCSCCCO.O=P(O)(O)O. The van der Waals surface area contributed by atoms with Crippen LogP contribution in [0.15, 0.2) is 0 Å². The van der Waals surface area contributed by atoms with E-state index in [2.05, 4.69) is 6.92 Å². The molecular weight excluding hydrogens is 323 g/mol. The molecule has 0 aromatic heterocycles. The number of aliphatic hydroxyl groups is 1. The third-order valence-corrected chi connectivity index (χ3v) is 4.24. The highest BCUT2D eigenvalue weighted by Gasteiger charge is 2.00. The Morgan fingerprint density at radius 2 is 1.09 bits per heavy atom. The zero-order chi connectivity index (χ0) is 17.1. The molecule has 0 radical (unpaired) electrons. The summed E-state index contributed by atoms with van der Waals surface area (Å²) in [6, 6.07) is 0. The maximum absolute atomic E-state index is 8.88. The number of hydrogen-bond acceptors (Lipinski definition) is 3. The van der Waals surface area contributed by atoms with Crippen LogP contribution >= 0.6 is 19.6 Å². The summed E-state index contributed by atoms with van der Waals surface area (Å²) in [5, 5.41) is 8.63. The maximum atomic E-state index is 8.88. The Morgan fingerprint density at radius 1 is 0.727 bits per heavy atom. The van der Waals surface area contributed by atoms with Crippen molar-refractivity contribution in [3.8, 4) is 0 Å². The fourth-order valence-electron chi connectivity index (χ4n) is 1.96. The number of rotatable bonds is 14.